The number of nitrogens with zero attached hydrogens (tertiary/aromatic N) is 3. The Morgan fingerprint density at radius 3 is 2.70 bits per heavy atom. The molecule has 1 fully saturated rings. The van der Waals surface area contributed by atoms with Crippen LogP contribution < -0.4 is 4.90 Å². The molecule has 1 aromatic rings. The molecule has 1 aliphatic rings. The Kier molecular flexibility index (Phi) is 7.58. The zero-order valence-electron chi connectivity index (χ0n) is 16.7. The SMILES string of the molecule is COC(=O)CCc1cnc(N2CCCC2N(CC(=O)OC(C)(C)C)OC)s1. The van der Waals surface area contributed by atoms with Crippen LogP contribution in [0.3, 0.4) is 0 Å². The third-order valence-electron chi connectivity index (χ3n) is 4.08. The first kappa shape index (κ1) is 21.6. The molecule has 8 nitrogen and oxygen atoms in total. The average Bonchev–Trinajstić information content (AvgIpc) is 3.24. The van der Waals surface area contributed by atoms with Crippen LogP contribution in [0.15, 0.2) is 6.20 Å². The van der Waals surface area contributed by atoms with E-state index in [-0.39, 0.29) is 24.6 Å². The van der Waals surface area contributed by atoms with Gasteiger partial charge in [0.05, 0.1) is 20.6 Å². The fourth-order valence-corrected chi connectivity index (χ4v) is 3.92. The highest BCUT2D eigenvalue weighted by Gasteiger charge is 2.34. The first-order chi connectivity index (χ1) is 12.7. The molecule has 152 valence electrons. The summed E-state index contributed by atoms with van der Waals surface area (Å²) in [5.74, 6) is -0.555. The molecule has 1 atom stereocenters. The number of ether oxygens (including phenoxy) is 2. The van der Waals surface area contributed by atoms with Gasteiger partial charge in [-0.3, -0.25) is 14.4 Å². The van der Waals surface area contributed by atoms with Gasteiger partial charge in [0.2, 0.25) is 0 Å². The molecule has 27 heavy (non-hydrogen) atoms. The summed E-state index contributed by atoms with van der Waals surface area (Å²) in [5.41, 5.74) is -0.532. The van der Waals surface area contributed by atoms with Crippen LogP contribution >= 0.6 is 11.3 Å². The predicted molar refractivity (Wildman–Crippen MR) is 102 cm³/mol. The maximum Gasteiger partial charge on any atom is 0.323 e. The molecule has 1 aromatic heterocycles. The van der Waals surface area contributed by atoms with E-state index in [1.54, 1.807) is 29.7 Å². The second kappa shape index (κ2) is 9.48. The first-order valence-electron chi connectivity index (χ1n) is 9.04. The van der Waals surface area contributed by atoms with E-state index in [0.717, 1.165) is 29.4 Å². The van der Waals surface area contributed by atoms with Crippen molar-refractivity contribution in [2.45, 2.75) is 58.2 Å². The lowest BCUT2D eigenvalue weighted by atomic mass is 10.2. The van der Waals surface area contributed by atoms with Crippen molar-refractivity contribution in [3.8, 4) is 0 Å². The molecule has 2 heterocycles. The minimum Gasteiger partial charge on any atom is -0.469 e. The fourth-order valence-electron chi connectivity index (χ4n) is 2.94. The van der Waals surface area contributed by atoms with Crippen molar-refractivity contribution in [1.29, 1.82) is 0 Å². The van der Waals surface area contributed by atoms with Gasteiger partial charge in [0.25, 0.3) is 0 Å². The van der Waals surface area contributed by atoms with Crippen molar-refractivity contribution in [3.05, 3.63) is 11.1 Å². The third-order valence-corrected chi connectivity index (χ3v) is 5.18. The molecule has 0 amide bonds. The second-order valence-electron chi connectivity index (χ2n) is 7.35. The molecule has 1 aliphatic heterocycles. The van der Waals surface area contributed by atoms with Gasteiger partial charge in [-0.2, -0.15) is 5.06 Å². The number of anilines is 1. The standard InChI is InChI=1S/C18H29N3O5S/c1-18(2,3)26-16(23)12-21(25-5)14-7-6-10-20(14)17-19-11-13(27-17)8-9-15(22)24-4/h11,14H,6-10,12H2,1-5H3. The monoisotopic (exact) mass is 399 g/mol. The number of thiazole rings is 1. The molecule has 0 aliphatic carbocycles. The fraction of sp³-hybridized carbons (Fsp3) is 0.722. The highest BCUT2D eigenvalue weighted by Crippen LogP contribution is 2.31. The van der Waals surface area contributed by atoms with Crippen molar-refractivity contribution in [3.63, 3.8) is 0 Å². The first-order valence-corrected chi connectivity index (χ1v) is 9.86. The van der Waals surface area contributed by atoms with Crippen LogP contribution in [0.5, 0.6) is 0 Å². The van der Waals surface area contributed by atoms with Gasteiger partial charge < -0.3 is 14.4 Å². The molecular weight excluding hydrogens is 370 g/mol. The van der Waals surface area contributed by atoms with Crippen LogP contribution in [0, 0.1) is 0 Å². The van der Waals surface area contributed by atoms with Gasteiger partial charge in [0.1, 0.15) is 18.3 Å². The third kappa shape index (κ3) is 6.44. The molecule has 1 unspecified atom stereocenters. The van der Waals surface area contributed by atoms with E-state index in [1.165, 1.54) is 7.11 Å². The van der Waals surface area contributed by atoms with Crippen molar-refractivity contribution in [1.82, 2.24) is 10.0 Å². The number of carbonyl (C=O) groups is 2. The second-order valence-corrected chi connectivity index (χ2v) is 8.44. The van der Waals surface area contributed by atoms with Crippen LogP contribution in [0.1, 0.15) is 44.9 Å². The molecule has 0 aromatic carbocycles. The molecule has 0 saturated carbocycles. The number of methoxy groups -OCH3 is 1. The van der Waals surface area contributed by atoms with E-state index in [4.69, 9.17) is 9.57 Å². The quantitative estimate of drug-likeness (QED) is 0.487. The minimum atomic E-state index is -0.532. The Labute approximate surface area is 164 Å². The zero-order valence-corrected chi connectivity index (χ0v) is 17.5. The van der Waals surface area contributed by atoms with Crippen LogP contribution in [0.2, 0.25) is 0 Å². The summed E-state index contributed by atoms with van der Waals surface area (Å²) in [7, 11) is 2.95. The van der Waals surface area contributed by atoms with E-state index in [2.05, 4.69) is 14.6 Å². The average molecular weight is 400 g/mol. The normalized spacial score (nSPS) is 17.4. The molecule has 0 spiro atoms. The minimum absolute atomic E-state index is 0.0511. The van der Waals surface area contributed by atoms with Crippen molar-refractivity contribution in [2.24, 2.45) is 0 Å². The van der Waals surface area contributed by atoms with E-state index in [0.29, 0.717) is 12.8 Å². The summed E-state index contributed by atoms with van der Waals surface area (Å²) in [4.78, 5) is 36.6. The van der Waals surface area contributed by atoms with Crippen LogP contribution in [0.4, 0.5) is 5.13 Å². The van der Waals surface area contributed by atoms with Gasteiger partial charge >= 0.3 is 11.9 Å². The summed E-state index contributed by atoms with van der Waals surface area (Å²) in [6.45, 7) is 6.42. The summed E-state index contributed by atoms with van der Waals surface area (Å²) in [5, 5.41) is 2.51. The lowest BCUT2D eigenvalue weighted by molar-refractivity contribution is -0.188. The number of carbonyl (C=O) groups excluding carboxylic acids is 2. The number of hydroxylamine groups is 2. The van der Waals surface area contributed by atoms with E-state index >= 15 is 0 Å². The van der Waals surface area contributed by atoms with Gasteiger partial charge in [-0.25, -0.2) is 4.98 Å². The Morgan fingerprint density at radius 2 is 2.07 bits per heavy atom. The number of aromatic nitrogens is 1. The smallest absolute Gasteiger partial charge is 0.323 e. The van der Waals surface area contributed by atoms with Crippen molar-refractivity contribution < 1.29 is 23.9 Å². The largest absolute Gasteiger partial charge is 0.469 e. The Hall–Kier alpha value is -1.71. The number of hydrogen-bond acceptors (Lipinski definition) is 9. The molecule has 0 bridgehead atoms. The highest BCUT2D eigenvalue weighted by molar-refractivity contribution is 7.15. The summed E-state index contributed by atoms with van der Waals surface area (Å²) >= 11 is 1.55. The zero-order chi connectivity index (χ0) is 20.0. The predicted octanol–water partition coefficient (Wildman–Crippen LogP) is 2.38. The van der Waals surface area contributed by atoms with Gasteiger partial charge in [-0.05, 0) is 40.0 Å². The molecule has 0 N–H and O–H groups in total. The van der Waals surface area contributed by atoms with Crippen LogP contribution in [0.25, 0.3) is 0 Å². The Balaban J connectivity index is 2.01. The lowest BCUT2D eigenvalue weighted by Gasteiger charge is -2.33. The maximum absolute atomic E-state index is 12.2. The molecular formula is C18H29N3O5S. The van der Waals surface area contributed by atoms with E-state index < -0.39 is 5.60 Å². The Morgan fingerprint density at radius 1 is 1.33 bits per heavy atom. The van der Waals surface area contributed by atoms with Gasteiger partial charge in [-0.1, -0.05) is 0 Å². The van der Waals surface area contributed by atoms with Crippen molar-refractivity contribution in [2.75, 3.05) is 32.2 Å². The topological polar surface area (TPSA) is 81.2 Å². The van der Waals surface area contributed by atoms with Crippen LogP contribution in [-0.2, 0) is 30.3 Å². The van der Waals surface area contributed by atoms with Gasteiger partial charge in [0.15, 0.2) is 5.13 Å². The highest BCUT2D eigenvalue weighted by atomic mass is 32.1. The number of esters is 2. The lowest BCUT2D eigenvalue weighted by Crippen LogP contribution is -2.47. The van der Waals surface area contributed by atoms with Gasteiger partial charge in [-0.15, -0.1) is 11.3 Å². The summed E-state index contributed by atoms with van der Waals surface area (Å²) < 4.78 is 10.1. The van der Waals surface area contributed by atoms with Crippen LogP contribution in [-0.4, -0.2) is 61.1 Å². The van der Waals surface area contributed by atoms with Gasteiger partial charge in [0, 0.05) is 17.6 Å². The summed E-state index contributed by atoms with van der Waals surface area (Å²) in [6, 6.07) is 0. The maximum atomic E-state index is 12.2. The molecule has 1 saturated heterocycles. The molecule has 9 heteroatoms. The number of hydrogen-bond donors (Lipinski definition) is 0. The number of aryl methyl sites for hydroxylation is 1. The Bertz CT molecular complexity index is 643. The van der Waals surface area contributed by atoms with Crippen molar-refractivity contribution >= 4 is 28.4 Å². The summed E-state index contributed by atoms with van der Waals surface area (Å²) in [6.07, 6.45) is 4.51. The molecule has 2 rings (SSSR count). The number of rotatable bonds is 8. The van der Waals surface area contributed by atoms with E-state index in [1.807, 2.05) is 20.8 Å². The molecule has 0 radical (unpaired) electrons. The van der Waals surface area contributed by atoms with E-state index in [9.17, 15) is 9.59 Å².